The maximum atomic E-state index is 12.8. The summed E-state index contributed by atoms with van der Waals surface area (Å²) in [5.41, 5.74) is 0.409. The summed E-state index contributed by atoms with van der Waals surface area (Å²) < 4.78 is 35.1. The highest BCUT2D eigenvalue weighted by atomic mass is 32.2. The van der Waals surface area contributed by atoms with Crippen LogP contribution in [0, 0.1) is 17.8 Å². The maximum Gasteiger partial charge on any atom is 0.311 e. The standard InChI is InChI=1S/C18H25NO6S/c1-9(2)17(20)19-13-6-4-3-5-11(13)18(21)24-15-10-7-12-14(8-10)26(22,23)25-16(12)15/h10-16H,1,3-8H2,2H3,(H,19,20). The van der Waals surface area contributed by atoms with Gasteiger partial charge in [-0.2, -0.15) is 8.42 Å². The average Bonchev–Trinajstić information content (AvgIpc) is 3.19. The molecule has 1 heterocycles. The van der Waals surface area contributed by atoms with Gasteiger partial charge < -0.3 is 10.1 Å². The van der Waals surface area contributed by atoms with Gasteiger partial charge in [0.25, 0.3) is 10.1 Å². The average molecular weight is 383 g/mol. The van der Waals surface area contributed by atoms with Gasteiger partial charge in [-0.25, -0.2) is 0 Å². The molecule has 1 saturated heterocycles. The largest absolute Gasteiger partial charge is 0.459 e. The van der Waals surface area contributed by atoms with Crippen LogP contribution in [-0.4, -0.2) is 43.8 Å². The number of ether oxygens (including phenoxy) is 1. The van der Waals surface area contributed by atoms with E-state index in [1.165, 1.54) is 0 Å². The zero-order valence-electron chi connectivity index (χ0n) is 14.8. The fraction of sp³-hybridized carbons (Fsp3) is 0.778. The molecule has 0 aromatic heterocycles. The van der Waals surface area contributed by atoms with E-state index >= 15 is 0 Å². The molecule has 8 heteroatoms. The van der Waals surface area contributed by atoms with Crippen LogP contribution in [0.4, 0.5) is 0 Å². The molecule has 4 rings (SSSR count). The predicted molar refractivity (Wildman–Crippen MR) is 92.4 cm³/mol. The van der Waals surface area contributed by atoms with Crippen LogP contribution in [0.15, 0.2) is 12.2 Å². The summed E-state index contributed by atoms with van der Waals surface area (Å²) in [7, 11) is -3.52. The Balaban J connectivity index is 1.44. The summed E-state index contributed by atoms with van der Waals surface area (Å²) in [4.78, 5) is 24.8. The normalized spacial score (nSPS) is 42.4. The first kappa shape index (κ1) is 18.0. The second-order valence-corrected chi connectivity index (χ2v) is 9.92. The zero-order chi connectivity index (χ0) is 18.6. The van der Waals surface area contributed by atoms with Crippen molar-refractivity contribution in [2.75, 3.05) is 0 Å². The topological polar surface area (TPSA) is 98.8 Å². The van der Waals surface area contributed by atoms with Crippen molar-refractivity contribution in [2.45, 2.75) is 68.9 Å². The van der Waals surface area contributed by atoms with E-state index in [2.05, 4.69) is 11.9 Å². The van der Waals surface area contributed by atoms with E-state index in [9.17, 15) is 18.0 Å². The Labute approximate surface area is 153 Å². The van der Waals surface area contributed by atoms with Crippen LogP contribution in [-0.2, 0) is 28.6 Å². The minimum Gasteiger partial charge on any atom is -0.459 e. The van der Waals surface area contributed by atoms with Gasteiger partial charge in [0, 0.05) is 23.5 Å². The molecule has 4 aliphatic rings. The first-order valence-electron chi connectivity index (χ1n) is 9.37. The second-order valence-electron chi connectivity index (χ2n) is 8.14. The highest BCUT2D eigenvalue weighted by molar-refractivity contribution is 7.87. The summed E-state index contributed by atoms with van der Waals surface area (Å²) in [6.07, 6.45) is 3.49. The lowest BCUT2D eigenvalue weighted by atomic mass is 9.84. The third-order valence-electron chi connectivity index (χ3n) is 6.44. The first-order chi connectivity index (χ1) is 12.3. The molecule has 3 saturated carbocycles. The third-order valence-corrected chi connectivity index (χ3v) is 8.21. The van der Waals surface area contributed by atoms with Gasteiger partial charge in [0.15, 0.2) is 0 Å². The van der Waals surface area contributed by atoms with E-state index in [1.807, 2.05) is 0 Å². The Bertz CT molecular complexity index is 747. The molecule has 1 N–H and O–H groups in total. The quantitative estimate of drug-likeness (QED) is 0.446. The van der Waals surface area contributed by atoms with Crippen molar-refractivity contribution in [3.63, 3.8) is 0 Å². The van der Waals surface area contributed by atoms with E-state index < -0.39 is 33.5 Å². The number of carbonyl (C=O) groups is 2. The first-order valence-corrected chi connectivity index (χ1v) is 10.8. The van der Waals surface area contributed by atoms with Gasteiger partial charge in [0.05, 0.1) is 11.2 Å². The van der Waals surface area contributed by atoms with E-state index in [-0.39, 0.29) is 29.8 Å². The molecule has 1 aliphatic heterocycles. The summed E-state index contributed by atoms with van der Waals surface area (Å²) in [5.74, 6) is -0.988. The summed E-state index contributed by atoms with van der Waals surface area (Å²) in [6, 6.07) is -0.264. The van der Waals surface area contributed by atoms with Gasteiger partial charge >= 0.3 is 5.97 Å². The van der Waals surface area contributed by atoms with Gasteiger partial charge in [-0.3, -0.25) is 13.8 Å². The lowest BCUT2D eigenvalue weighted by Gasteiger charge is -2.33. The van der Waals surface area contributed by atoms with Crippen LogP contribution in [0.2, 0.25) is 0 Å². The van der Waals surface area contributed by atoms with Crippen LogP contribution < -0.4 is 5.32 Å². The lowest BCUT2D eigenvalue weighted by molar-refractivity contribution is -0.163. The van der Waals surface area contributed by atoms with Gasteiger partial charge in [-0.05, 0) is 32.6 Å². The van der Waals surface area contributed by atoms with E-state index in [4.69, 9.17) is 8.92 Å². The Kier molecular flexibility index (Phi) is 4.38. The van der Waals surface area contributed by atoms with Crippen molar-refractivity contribution < 1.29 is 26.9 Å². The van der Waals surface area contributed by atoms with E-state index in [0.29, 0.717) is 18.4 Å². The number of amides is 1. The molecule has 1 amide bonds. The van der Waals surface area contributed by atoms with Crippen LogP contribution in [0.5, 0.6) is 0 Å². The van der Waals surface area contributed by atoms with Crippen molar-refractivity contribution in [3.8, 4) is 0 Å². The van der Waals surface area contributed by atoms with Gasteiger partial charge in [0.2, 0.25) is 5.91 Å². The molecule has 2 bridgehead atoms. The summed E-state index contributed by atoms with van der Waals surface area (Å²) in [5, 5.41) is 2.46. The van der Waals surface area contributed by atoms with E-state index in [1.54, 1.807) is 6.92 Å². The fourth-order valence-corrected chi connectivity index (χ4v) is 7.02. The minimum atomic E-state index is -3.52. The Morgan fingerprint density at radius 2 is 1.92 bits per heavy atom. The van der Waals surface area contributed by atoms with Gasteiger partial charge in [-0.15, -0.1) is 0 Å². The Morgan fingerprint density at radius 3 is 2.65 bits per heavy atom. The molecule has 0 aromatic rings. The molecule has 0 aromatic carbocycles. The maximum absolute atomic E-state index is 12.8. The zero-order valence-corrected chi connectivity index (χ0v) is 15.7. The van der Waals surface area contributed by atoms with Crippen molar-refractivity contribution in [2.24, 2.45) is 17.8 Å². The van der Waals surface area contributed by atoms with E-state index in [0.717, 1.165) is 25.7 Å². The number of hydrogen-bond acceptors (Lipinski definition) is 6. The smallest absolute Gasteiger partial charge is 0.311 e. The van der Waals surface area contributed by atoms with Crippen LogP contribution >= 0.6 is 0 Å². The molecular weight excluding hydrogens is 358 g/mol. The van der Waals surface area contributed by atoms with Crippen molar-refractivity contribution in [1.82, 2.24) is 5.32 Å². The molecule has 7 atom stereocenters. The molecule has 26 heavy (non-hydrogen) atoms. The molecule has 7 nitrogen and oxygen atoms in total. The van der Waals surface area contributed by atoms with Gasteiger partial charge in [-0.1, -0.05) is 19.4 Å². The highest BCUT2D eigenvalue weighted by Gasteiger charge is 2.65. The highest BCUT2D eigenvalue weighted by Crippen LogP contribution is 2.55. The number of hydrogen-bond donors (Lipinski definition) is 1. The third kappa shape index (κ3) is 2.87. The van der Waals surface area contributed by atoms with Crippen molar-refractivity contribution >= 4 is 22.0 Å². The molecule has 144 valence electrons. The van der Waals surface area contributed by atoms with Crippen LogP contribution in [0.1, 0.15) is 45.4 Å². The number of esters is 1. The molecule has 4 fully saturated rings. The van der Waals surface area contributed by atoms with Crippen molar-refractivity contribution in [3.05, 3.63) is 12.2 Å². The fourth-order valence-electron chi connectivity index (χ4n) is 5.14. The molecule has 0 spiro atoms. The SMILES string of the molecule is C=C(C)C(=O)NC1CCCCC1C(=O)OC1C2CC3C1OS(=O)(=O)C3C2. The second kappa shape index (κ2) is 6.34. The van der Waals surface area contributed by atoms with Crippen LogP contribution in [0.25, 0.3) is 0 Å². The lowest BCUT2D eigenvalue weighted by Crippen LogP contribution is -2.47. The predicted octanol–water partition coefficient (Wildman–Crippen LogP) is 1.29. The molecule has 0 radical (unpaired) electrons. The van der Waals surface area contributed by atoms with Gasteiger partial charge in [0.1, 0.15) is 12.2 Å². The van der Waals surface area contributed by atoms with Crippen molar-refractivity contribution in [1.29, 1.82) is 0 Å². The molecule has 7 unspecified atom stereocenters. The number of fused-ring (bicyclic) bond motifs is 1. The number of carbonyl (C=O) groups excluding carboxylic acids is 2. The minimum absolute atomic E-state index is 0.0481. The summed E-state index contributed by atoms with van der Waals surface area (Å²) >= 11 is 0. The monoisotopic (exact) mass is 383 g/mol. The molecule has 3 aliphatic carbocycles. The Morgan fingerprint density at radius 1 is 1.19 bits per heavy atom. The number of nitrogens with one attached hydrogen (secondary N) is 1. The number of rotatable bonds is 4. The Hall–Kier alpha value is -1.41. The summed E-state index contributed by atoms with van der Waals surface area (Å²) in [6.45, 7) is 5.27. The molecular formula is C18H25NO6S. The van der Waals surface area contributed by atoms with Crippen LogP contribution in [0.3, 0.4) is 0 Å².